The first-order chi connectivity index (χ1) is 10.2. The van der Waals surface area contributed by atoms with Crippen molar-refractivity contribution in [2.45, 2.75) is 31.8 Å². The van der Waals surface area contributed by atoms with Crippen LogP contribution < -0.4 is 0 Å². The predicted molar refractivity (Wildman–Crippen MR) is 82.3 cm³/mol. The lowest BCUT2D eigenvalue weighted by Gasteiger charge is -2.25. The standard InChI is InChI=1S/C17H25NO3/c1-14(19)21-17-9-8-16(15-6-4-3-5-7-15)12-18(13-17)10-11-20-2/h3-7,16-17H,8-13H2,1-2H3. The molecule has 0 saturated carbocycles. The molecular formula is C17H25NO3. The summed E-state index contributed by atoms with van der Waals surface area (Å²) >= 11 is 0. The Kier molecular flexibility index (Phi) is 6.21. The number of likely N-dealkylation sites (tertiary alicyclic amines) is 1. The summed E-state index contributed by atoms with van der Waals surface area (Å²) in [5.74, 6) is 0.300. The van der Waals surface area contributed by atoms with Crippen LogP contribution >= 0.6 is 0 Å². The van der Waals surface area contributed by atoms with E-state index in [4.69, 9.17) is 9.47 Å². The Labute approximate surface area is 127 Å². The number of hydrogen-bond acceptors (Lipinski definition) is 4. The second kappa shape index (κ2) is 8.15. The minimum atomic E-state index is -0.190. The van der Waals surface area contributed by atoms with E-state index in [0.717, 1.165) is 32.5 Å². The van der Waals surface area contributed by atoms with Crippen molar-refractivity contribution >= 4 is 5.97 Å². The van der Waals surface area contributed by atoms with Gasteiger partial charge in [0, 0.05) is 33.7 Å². The van der Waals surface area contributed by atoms with E-state index in [-0.39, 0.29) is 12.1 Å². The highest BCUT2D eigenvalue weighted by atomic mass is 16.5. The normalized spacial score (nSPS) is 23.5. The van der Waals surface area contributed by atoms with Gasteiger partial charge in [-0.1, -0.05) is 30.3 Å². The number of hydrogen-bond donors (Lipinski definition) is 0. The molecule has 0 bridgehead atoms. The van der Waals surface area contributed by atoms with Gasteiger partial charge in [-0.15, -0.1) is 0 Å². The van der Waals surface area contributed by atoms with E-state index in [1.165, 1.54) is 12.5 Å². The molecule has 2 rings (SSSR count). The van der Waals surface area contributed by atoms with Crippen molar-refractivity contribution in [1.29, 1.82) is 0 Å². The third kappa shape index (κ3) is 5.14. The Morgan fingerprint density at radius 1 is 1.24 bits per heavy atom. The van der Waals surface area contributed by atoms with Gasteiger partial charge in [-0.05, 0) is 24.3 Å². The largest absolute Gasteiger partial charge is 0.461 e. The number of carbonyl (C=O) groups is 1. The fourth-order valence-electron chi connectivity index (χ4n) is 2.97. The summed E-state index contributed by atoms with van der Waals surface area (Å²) < 4.78 is 10.6. The van der Waals surface area contributed by atoms with Crippen molar-refractivity contribution < 1.29 is 14.3 Å². The van der Waals surface area contributed by atoms with E-state index in [0.29, 0.717) is 12.5 Å². The number of ether oxygens (including phenoxy) is 2. The van der Waals surface area contributed by atoms with Crippen LogP contribution in [0.25, 0.3) is 0 Å². The molecule has 1 aliphatic rings. The molecule has 0 N–H and O–H groups in total. The van der Waals surface area contributed by atoms with Crippen molar-refractivity contribution in [2.75, 3.05) is 33.4 Å². The van der Waals surface area contributed by atoms with Gasteiger partial charge >= 0.3 is 5.97 Å². The first kappa shape index (κ1) is 16.0. The van der Waals surface area contributed by atoms with Crippen molar-refractivity contribution in [3.8, 4) is 0 Å². The Balaban J connectivity index is 2.05. The first-order valence-corrected chi connectivity index (χ1v) is 7.62. The first-order valence-electron chi connectivity index (χ1n) is 7.62. The quantitative estimate of drug-likeness (QED) is 0.781. The van der Waals surface area contributed by atoms with E-state index < -0.39 is 0 Å². The minimum Gasteiger partial charge on any atom is -0.461 e. The van der Waals surface area contributed by atoms with Gasteiger partial charge in [0.25, 0.3) is 0 Å². The van der Waals surface area contributed by atoms with Gasteiger partial charge in [-0.2, -0.15) is 0 Å². The fourth-order valence-corrected chi connectivity index (χ4v) is 2.97. The molecule has 1 aromatic rings. The molecule has 4 heteroatoms. The molecule has 1 heterocycles. The molecule has 2 unspecified atom stereocenters. The van der Waals surface area contributed by atoms with Crippen molar-refractivity contribution in [2.24, 2.45) is 0 Å². The van der Waals surface area contributed by atoms with Crippen molar-refractivity contribution in [3.05, 3.63) is 35.9 Å². The predicted octanol–water partition coefficient (Wildman–Crippen LogP) is 2.44. The van der Waals surface area contributed by atoms with Gasteiger partial charge in [0.15, 0.2) is 0 Å². The van der Waals surface area contributed by atoms with E-state index in [9.17, 15) is 4.79 Å². The van der Waals surface area contributed by atoms with E-state index in [1.807, 2.05) is 6.07 Å². The van der Waals surface area contributed by atoms with E-state index in [1.54, 1.807) is 7.11 Å². The summed E-state index contributed by atoms with van der Waals surface area (Å²) in [6.45, 7) is 4.85. The molecule has 4 nitrogen and oxygen atoms in total. The van der Waals surface area contributed by atoms with Crippen LogP contribution in [0.1, 0.15) is 31.2 Å². The Morgan fingerprint density at radius 2 is 2.00 bits per heavy atom. The average molecular weight is 291 g/mol. The Hall–Kier alpha value is -1.39. The topological polar surface area (TPSA) is 38.8 Å². The lowest BCUT2D eigenvalue weighted by Crippen LogP contribution is -2.36. The van der Waals surface area contributed by atoms with Crippen LogP contribution in [0.2, 0.25) is 0 Å². The molecule has 1 fully saturated rings. The molecule has 1 aliphatic heterocycles. The Morgan fingerprint density at radius 3 is 2.67 bits per heavy atom. The van der Waals surface area contributed by atoms with Crippen LogP contribution in [0.15, 0.2) is 30.3 Å². The number of carbonyl (C=O) groups excluding carboxylic acids is 1. The highest BCUT2D eigenvalue weighted by molar-refractivity contribution is 5.66. The van der Waals surface area contributed by atoms with Gasteiger partial charge in [-0.3, -0.25) is 9.69 Å². The summed E-state index contributed by atoms with van der Waals surface area (Å²) in [7, 11) is 1.72. The molecule has 1 saturated heterocycles. The molecular weight excluding hydrogens is 266 g/mol. The highest BCUT2D eigenvalue weighted by Gasteiger charge is 2.26. The Bertz CT molecular complexity index is 435. The third-order valence-corrected chi connectivity index (χ3v) is 3.99. The number of methoxy groups -OCH3 is 1. The number of rotatable bonds is 5. The zero-order chi connectivity index (χ0) is 15.1. The summed E-state index contributed by atoms with van der Waals surface area (Å²) in [5, 5.41) is 0. The van der Waals surface area contributed by atoms with Crippen LogP contribution in [0.3, 0.4) is 0 Å². The maximum absolute atomic E-state index is 11.2. The maximum atomic E-state index is 11.2. The van der Waals surface area contributed by atoms with Crippen LogP contribution in [-0.2, 0) is 14.3 Å². The smallest absolute Gasteiger partial charge is 0.302 e. The summed E-state index contributed by atoms with van der Waals surface area (Å²) in [6, 6.07) is 10.6. The molecule has 0 spiro atoms. The van der Waals surface area contributed by atoms with Gasteiger partial charge < -0.3 is 9.47 Å². The fraction of sp³-hybridized carbons (Fsp3) is 0.588. The maximum Gasteiger partial charge on any atom is 0.302 e. The number of benzene rings is 1. The summed E-state index contributed by atoms with van der Waals surface area (Å²) in [6.07, 6.45) is 1.96. The monoisotopic (exact) mass is 291 g/mol. The molecule has 0 aromatic heterocycles. The molecule has 0 aliphatic carbocycles. The molecule has 1 aromatic carbocycles. The van der Waals surface area contributed by atoms with E-state index >= 15 is 0 Å². The summed E-state index contributed by atoms with van der Waals surface area (Å²) in [5.41, 5.74) is 1.36. The average Bonchev–Trinajstić information content (AvgIpc) is 2.68. The minimum absolute atomic E-state index is 0.00642. The SMILES string of the molecule is COCCN1CC(OC(C)=O)CCC(c2ccccc2)C1. The van der Waals surface area contributed by atoms with Crippen molar-refractivity contribution in [1.82, 2.24) is 4.90 Å². The molecule has 21 heavy (non-hydrogen) atoms. The molecule has 0 radical (unpaired) electrons. The second-order valence-corrected chi connectivity index (χ2v) is 5.67. The van der Waals surface area contributed by atoms with Crippen LogP contribution in [0.4, 0.5) is 0 Å². The van der Waals surface area contributed by atoms with Gasteiger partial charge in [0.1, 0.15) is 6.10 Å². The number of esters is 1. The summed E-state index contributed by atoms with van der Waals surface area (Å²) in [4.78, 5) is 13.6. The third-order valence-electron chi connectivity index (χ3n) is 3.99. The zero-order valence-electron chi connectivity index (χ0n) is 13.0. The van der Waals surface area contributed by atoms with Gasteiger partial charge in [0.05, 0.1) is 6.61 Å². The molecule has 0 amide bonds. The van der Waals surface area contributed by atoms with Crippen LogP contribution in [0.5, 0.6) is 0 Å². The van der Waals surface area contributed by atoms with Crippen LogP contribution in [0, 0.1) is 0 Å². The second-order valence-electron chi connectivity index (χ2n) is 5.67. The van der Waals surface area contributed by atoms with Gasteiger partial charge in [-0.25, -0.2) is 0 Å². The van der Waals surface area contributed by atoms with Crippen LogP contribution in [-0.4, -0.2) is 50.3 Å². The molecule has 2 atom stereocenters. The zero-order valence-corrected chi connectivity index (χ0v) is 13.0. The van der Waals surface area contributed by atoms with Gasteiger partial charge in [0.2, 0.25) is 0 Å². The van der Waals surface area contributed by atoms with Crippen molar-refractivity contribution in [3.63, 3.8) is 0 Å². The highest BCUT2D eigenvalue weighted by Crippen LogP contribution is 2.27. The molecule has 116 valence electrons. The van der Waals surface area contributed by atoms with E-state index in [2.05, 4.69) is 29.2 Å². The lowest BCUT2D eigenvalue weighted by molar-refractivity contribution is -0.147. The lowest BCUT2D eigenvalue weighted by atomic mass is 9.94. The number of nitrogens with zero attached hydrogens (tertiary/aromatic N) is 1.